The van der Waals surface area contributed by atoms with Crippen molar-refractivity contribution in [2.45, 2.75) is 18.8 Å². The molecule has 21 heavy (non-hydrogen) atoms. The number of nitrogens with zero attached hydrogens (tertiary/aromatic N) is 3. The van der Waals surface area contributed by atoms with E-state index < -0.39 is 0 Å². The third-order valence-corrected chi connectivity index (χ3v) is 4.65. The Labute approximate surface area is 125 Å². The van der Waals surface area contributed by atoms with Gasteiger partial charge in [-0.05, 0) is 24.1 Å². The summed E-state index contributed by atoms with van der Waals surface area (Å²) < 4.78 is 5.37. The van der Waals surface area contributed by atoms with Crippen LogP contribution < -0.4 is 5.73 Å². The molecule has 0 saturated heterocycles. The van der Waals surface area contributed by atoms with Crippen LogP contribution in [0.3, 0.4) is 0 Å². The number of thiazole rings is 1. The van der Waals surface area contributed by atoms with Crippen LogP contribution in [0.25, 0.3) is 11.6 Å². The van der Waals surface area contributed by atoms with Crippen molar-refractivity contribution in [2.24, 2.45) is 5.73 Å². The van der Waals surface area contributed by atoms with Crippen LogP contribution >= 0.6 is 11.3 Å². The first kappa shape index (κ1) is 12.7. The summed E-state index contributed by atoms with van der Waals surface area (Å²) in [5.74, 6) is 1.49. The molecule has 6 heteroatoms. The Morgan fingerprint density at radius 3 is 3.05 bits per heavy atom. The number of hydrogen-bond donors (Lipinski definition) is 1. The largest absolute Gasteiger partial charge is 0.332 e. The van der Waals surface area contributed by atoms with Crippen LogP contribution in [0.1, 0.15) is 27.9 Å². The molecule has 0 fully saturated rings. The van der Waals surface area contributed by atoms with Crippen molar-refractivity contribution < 1.29 is 4.52 Å². The second-order valence-electron chi connectivity index (χ2n) is 5.08. The minimum Gasteiger partial charge on any atom is -0.332 e. The fourth-order valence-corrected chi connectivity index (χ4v) is 3.40. The standard InChI is InChI=1S/C15H14N4OS/c16-6-5-13-17-12(8-21-13)15-18-14(19-20-15)11-7-9-3-1-2-4-10(9)11/h1-4,8,11H,5-7,16H2. The zero-order chi connectivity index (χ0) is 14.2. The third-order valence-electron chi connectivity index (χ3n) is 3.74. The molecule has 1 aliphatic rings. The van der Waals surface area contributed by atoms with Crippen molar-refractivity contribution in [3.8, 4) is 11.6 Å². The van der Waals surface area contributed by atoms with Crippen LogP contribution in [-0.2, 0) is 12.8 Å². The lowest BCUT2D eigenvalue weighted by Crippen LogP contribution is -2.19. The Kier molecular flexibility index (Phi) is 3.05. The molecule has 0 spiro atoms. The molecule has 2 heterocycles. The molecular weight excluding hydrogens is 284 g/mol. The average Bonchev–Trinajstić information content (AvgIpc) is 3.10. The van der Waals surface area contributed by atoms with Crippen LogP contribution in [0.15, 0.2) is 34.2 Å². The summed E-state index contributed by atoms with van der Waals surface area (Å²) in [6.45, 7) is 0.598. The van der Waals surface area contributed by atoms with Gasteiger partial charge in [0.05, 0.1) is 10.9 Å². The fourth-order valence-electron chi connectivity index (χ4n) is 2.62. The van der Waals surface area contributed by atoms with E-state index in [2.05, 4.69) is 33.3 Å². The molecule has 1 atom stereocenters. The zero-order valence-corrected chi connectivity index (χ0v) is 12.1. The van der Waals surface area contributed by atoms with Gasteiger partial charge in [0.1, 0.15) is 5.69 Å². The van der Waals surface area contributed by atoms with E-state index in [1.54, 1.807) is 11.3 Å². The Balaban J connectivity index is 1.59. The van der Waals surface area contributed by atoms with Gasteiger partial charge in [0.2, 0.25) is 0 Å². The lowest BCUT2D eigenvalue weighted by molar-refractivity contribution is 0.415. The molecule has 0 amide bonds. The summed E-state index contributed by atoms with van der Waals surface area (Å²) in [6.07, 6.45) is 1.76. The van der Waals surface area contributed by atoms with E-state index in [9.17, 15) is 0 Å². The van der Waals surface area contributed by atoms with Gasteiger partial charge < -0.3 is 10.3 Å². The van der Waals surface area contributed by atoms with E-state index in [1.165, 1.54) is 11.1 Å². The summed E-state index contributed by atoms with van der Waals surface area (Å²) in [5.41, 5.74) is 8.95. The second kappa shape index (κ2) is 5.05. The summed E-state index contributed by atoms with van der Waals surface area (Å²) in [7, 11) is 0. The minimum atomic E-state index is 0.251. The minimum absolute atomic E-state index is 0.251. The first-order valence-corrected chi connectivity index (χ1v) is 7.79. The maximum Gasteiger partial charge on any atom is 0.277 e. The van der Waals surface area contributed by atoms with Crippen molar-refractivity contribution in [1.29, 1.82) is 0 Å². The molecule has 5 nitrogen and oxygen atoms in total. The fraction of sp³-hybridized carbons (Fsp3) is 0.267. The highest BCUT2D eigenvalue weighted by Gasteiger charge is 2.31. The predicted octanol–water partition coefficient (Wildman–Crippen LogP) is 2.38. The molecule has 4 rings (SSSR count). The number of rotatable bonds is 4. The first-order chi connectivity index (χ1) is 10.3. The van der Waals surface area contributed by atoms with Gasteiger partial charge in [-0.1, -0.05) is 29.4 Å². The van der Waals surface area contributed by atoms with Gasteiger partial charge in [0.25, 0.3) is 5.89 Å². The van der Waals surface area contributed by atoms with E-state index in [-0.39, 0.29) is 5.92 Å². The molecule has 1 aromatic carbocycles. The van der Waals surface area contributed by atoms with E-state index in [0.29, 0.717) is 12.4 Å². The number of fused-ring (bicyclic) bond motifs is 1. The molecule has 0 bridgehead atoms. The van der Waals surface area contributed by atoms with Gasteiger partial charge in [-0.2, -0.15) is 4.98 Å². The smallest absolute Gasteiger partial charge is 0.277 e. The molecule has 1 unspecified atom stereocenters. The molecule has 0 saturated carbocycles. The van der Waals surface area contributed by atoms with Crippen molar-refractivity contribution in [1.82, 2.24) is 15.1 Å². The van der Waals surface area contributed by atoms with E-state index in [4.69, 9.17) is 10.3 Å². The Bertz CT molecular complexity index is 779. The van der Waals surface area contributed by atoms with Crippen molar-refractivity contribution in [3.05, 3.63) is 51.6 Å². The highest BCUT2D eigenvalue weighted by Crippen LogP contribution is 2.39. The van der Waals surface area contributed by atoms with E-state index >= 15 is 0 Å². The maximum atomic E-state index is 5.54. The van der Waals surface area contributed by atoms with Gasteiger partial charge in [-0.15, -0.1) is 11.3 Å². The van der Waals surface area contributed by atoms with Gasteiger partial charge in [0, 0.05) is 11.8 Å². The molecule has 106 valence electrons. The van der Waals surface area contributed by atoms with E-state index in [1.807, 2.05) is 11.4 Å². The Morgan fingerprint density at radius 2 is 2.19 bits per heavy atom. The number of benzene rings is 1. The van der Waals surface area contributed by atoms with Gasteiger partial charge in [0.15, 0.2) is 5.82 Å². The zero-order valence-electron chi connectivity index (χ0n) is 11.3. The van der Waals surface area contributed by atoms with Gasteiger partial charge >= 0.3 is 0 Å². The first-order valence-electron chi connectivity index (χ1n) is 6.91. The van der Waals surface area contributed by atoms with Crippen LogP contribution in [0.4, 0.5) is 0 Å². The topological polar surface area (TPSA) is 77.8 Å². The quantitative estimate of drug-likeness (QED) is 0.800. The highest BCUT2D eigenvalue weighted by atomic mass is 32.1. The summed E-state index contributed by atoms with van der Waals surface area (Å²) >= 11 is 1.58. The van der Waals surface area contributed by atoms with Crippen LogP contribution in [0.2, 0.25) is 0 Å². The number of hydrogen-bond acceptors (Lipinski definition) is 6. The normalized spacial score (nSPS) is 16.5. The van der Waals surface area contributed by atoms with Crippen molar-refractivity contribution >= 4 is 11.3 Å². The molecule has 0 aliphatic heterocycles. The van der Waals surface area contributed by atoms with Crippen LogP contribution in [0.5, 0.6) is 0 Å². The summed E-state index contributed by atoms with van der Waals surface area (Å²) in [6, 6.07) is 8.38. The highest BCUT2D eigenvalue weighted by molar-refractivity contribution is 7.09. The summed E-state index contributed by atoms with van der Waals surface area (Å²) in [5, 5.41) is 7.07. The van der Waals surface area contributed by atoms with Crippen LogP contribution in [0, 0.1) is 0 Å². The lowest BCUT2D eigenvalue weighted by atomic mass is 9.77. The average molecular weight is 298 g/mol. The number of nitrogens with two attached hydrogens (primary N) is 1. The maximum absolute atomic E-state index is 5.54. The van der Waals surface area contributed by atoms with Gasteiger partial charge in [-0.25, -0.2) is 4.98 Å². The molecule has 0 radical (unpaired) electrons. The second-order valence-corrected chi connectivity index (χ2v) is 6.02. The van der Waals surface area contributed by atoms with Gasteiger partial charge in [-0.3, -0.25) is 0 Å². The Hall–Kier alpha value is -2.05. The molecule has 1 aliphatic carbocycles. The predicted molar refractivity (Wildman–Crippen MR) is 80.2 cm³/mol. The molecular formula is C15H14N4OS. The van der Waals surface area contributed by atoms with Crippen LogP contribution in [-0.4, -0.2) is 21.7 Å². The lowest BCUT2D eigenvalue weighted by Gasteiger charge is -2.27. The van der Waals surface area contributed by atoms with Crippen molar-refractivity contribution in [3.63, 3.8) is 0 Å². The monoisotopic (exact) mass is 298 g/mol. The van der Waals surface area contributed by atoms with Crippen molar-refractivity contribution in [2.75, 3.05) is 6.54 Å². The number of aromatic nitrogens is 3. The summed E-state index contributed by atoms with van der Waals surface area (Å²) in [4.78, 5) is 8.98. The van der Waals surface area contributed by atoms with E-state index in [0.717, 1.165) is 29.4 Å². The molecule has 3 aromatic rings. The SMILES string of the molecule is NCCc1nc(-c2nc(C3Cc4ccccc43)no2)cs1. The third kappa shape index (κ3) is 2.16. The molecule has 2 N–H and O–H groups in total. The Morgan fingerprint density at radius 1 is 1.29 bits per heavy atom. The molecule has 2 aromatic heterocycles.